The predicted octanol–water partition coefficient (Wildman–Crippen LogP) is 2.03. The van der Waals surface area contributed by atoms with Crippen LogP contribution in [0.3, 0.4) is 0 Å². The molecule has 1 atom stereocenters. The maximum Gasteiger partial charge on any atom is 0.123 e. The first-order valence-electron chi connectivity index (χ1n) is 6.46. The molecule has 0 radical (unpaired) electrons. The third-order valence-corrected chi connectivity index (χ3v) is 3.89. The maximum absolute atomic E-state index is 13.1. The van der Waals surface area contributed by atoms with Crippen LogP contribution in [-0.4, -0.2) is 24.9 Å². The summed E-state index contributed by atoms with van der Waals surface area (Å²) in [6.45, 7) is 1.45. The lowest BCUT2D eigenvalue weighted by atomic mass is 9.84. The van der Waals surface area contributed by atoms with Crippen LogP contribution in [0, 0.1) is 5.82 Å². The molecular formula is C14H18FNO2. The van der Waals surface area contributed by atoms with Gasteiger partial charge in [0.05, 0.1) is 0 Å². The number of ether oxygens (including phenoxy) is 2. The molecule has 2 aliphatic heterocycles. The number of halogens is 1. The van der Waals surface area contributed by atoms with E-state index in [1.165, 1.54) is 6.07 Å². The van der Waals surface area contributed by atoms with E-state index in [1.807, 2.05) is 0 Å². The fraction of sp³-hybridized carbons (Fsp3) is 0.571. The Morgan fingerprint density at radius 1 is 1.33 bits per heavy atom. The molecule has 1 fully saturated rings. The normalized spacial score (nSPS) is 25.6. The first kappa shape index (κ1) is 11.9. The van der Waals surface area contributed by atoms with Crippen molar-refractivity contribution in [3.8, 4) is 5.75 Å². The average molecular weight is 251 g/mol. The highest BCUT2D eigenvalue weighted by Gasteiger charge is 2.34. The van der Waals surface area contributed by atoms with Crippen molar-refractivity contribution in [1.82, 2.24) is 0 Å². The van der Waals surface area contributed by atoms with Gasteiger partial charge in [0, 0.05) is 37.2 Å². The van der Waals surface area contributed by atoms with Gasteiger partial charge in [0.1, 0.15) is 17.7 Å². The first-order valence-corrected chi connectivity index (χ1v) is 6.46. The highest BCUT2D eigenvalue weighted by Crippen LogP contribution is 2.34. The molecule has 0 aromatic heterocycles. The Labute approximate surface area is 106 Å². The second kappa shape index (κ2) is 4.52. The molecule has 3 rings (SSSR count). The Morgan fingerprint density at radius 2 is 2.11 bits per heavy atom. The first-order chi connectivity index (χ1) is 8.65. The number of hydrogen-bond donors (Lipinski definition) is 1. The molecule has 18 heavy (non-hydrogen) atoms. The molecular weight excluding hydrogens is 233 g/mol. The monoisotopic (exact) mass is 251 g/mol. The van der Waals surface area contributed by atoms with Crippen LogP contribution in [0.2, 0.25) is 0 Å². The minimum absolute atomic E-state index is 0.0740. The van der Waals surface area contributed by atoms with Crippen molar-refractivity contribution in [2.75, 3.05) is 13.2 Å². The molecule has 0 saturated carbocycles. The zero-order chi connectivity index (χ0) is 12.6. The van der Waals surface area contributed by atoms with Crippen LogP contribution in [0.15, 0.2) is 18.2 Å². The SMILES string of the molecule is NC1(CC2Cc3cc(F)ccc3O2)CCOCC1. The lowest BCUT2D eigenvalue weighted by molar-refractivity contribution is 0.0363. The number of benzene rings is 1. The standard InChI is InChI=1S/C14H18FNO2/c15-11-1-2-13-10(7-11)8-12(18-13)9-14(16)3-5-17-6-4-14/h1-2,7,12H,3-6,8-9,16H2. The molecule has 0 bridgehead atoms. The molecule has 1 unspecified atom stereocenters. The molecule has 2 N–H and O–H groups in total. The molecule has 4 heteroatoms. The summed E-state index contributed by atoms with van der Waals surface area (Å²) in [5.41, 5.74) is 7.13. The zero-order valence-electron chi connectivity index (χ0n) is 10.3. The predicted molar refractivity (Wildman–Crippen MR) is 66.1 cm³/mol. The van der Waals surface area contributed by atoms with E-state index in [2.05, 4.69) is 0 Å². The van der Waals surface area contributed by atoms with Crippen LogP contribution in [-0.2, 0) is 11.2 Å². The van der Waals surface area contributed by atoms with Crippen LogP contribution >= 0.6 is 0 Å². The van der Waals surface area contributed by atoms with Crippen LogP contribution < -0.4 is 10.5 Å². The van der Waals surface area contributed by atoms with Crippen LogP contribution in [0.4, 0.5) is 4.39 Å². The van der Waals surface area contributed by atoms with Crippen LogP contribution in [0.5, 0.6) is 5.75 Å². The van der Waals surface area contributed by atoms with Crippen LogP contribution in [0.1, 0.15) is 24.8 Å². The molecule has 0 spiro atoms. The summed E-state index contributed by atoms with van der Waals surface area (Å²) in [6, 6.07) is 4.70. The zero-order valence-corrected chi connectivity index (χ0v) is 10.3. The van der Waals surface area contributed by atoms with E-state index in [1.54, 1.807) is 12.1 Å². The number of nitrogens with two attached hydrogens (primary N) is 1. The van der Waals surface area contributed by atoms with Gasteiger partial charge in [0.25, 0.3) is 0 Å². The van der Waals surface area contributed by atoms with Crippen molar-refractivity contribution >= 4 is 0 Å². The van der Waals surface area contributed by atoms with Gasteiger partial charge in [-0.05, 0) is 31.0 Å². The topological polar surface area (TPSA) is 44.5 Å². The van der Waals surface area contributed by atoms with Crippen LogP contribution in [0.25, 0.3) is 0 Å². The summed E-state index contributed by atoms with van der Waals surface area (Å²) >= 11 is 0. The van der Waals surface area contributed by atoms with Gasteiger partial charge in [-0.1, -0.05) is 0 Å². The fourth-order valence-electron chi connectivity index (χ4n) is 2.84. The van der Waals surface area contributed by atoms with Crippen molar-refractivity contribution in [2.24, 2.45) is 5.73 Å². The number of fused-ring (bicyclic) bond motifs is 1. The smallest absolute Gasteiger partial charge is 0.123 e. The quantitative estimate of drug-likeness (QED) is 0.874. The van der Waals surface area contributed by atoms with Gasteiger partial charge in [0.15, 0.2) is 0 Å². The van der Waals surface area contributed by atoms with Crippen molar-refractivity contribution in [1.29, 1.82) is 0 Å². The highest BCUT2D eigenvalue weighted by atomic mass is 19.1. The van der Waals surface area contributed by atoms with Gasteiger partial charge in [-0.2, -0.15) is 0 Å². The van der Waals surface area contributed by atoms with Crippen molar-refractivity contribution in [3.05, 3.63) is 29.6 Å². The fourth-order valence-corrected chi connectivity index (χ4v) is 2.84. The molecule has 98 valence electrons. The lowest BCUT2D eigenvalue weighted by Crippen LogP contribution is -2.48. The molecule has 3 nitrogen and oxygen atoms in total. The van der Waals surface area contributed by atoms with E-state index in [-0.39, 0.29) is 17.5 Å². The summed E-state index contributed by atoms with van der Waals surface area (Å²) in [4.78, 5) is 0. The van der Waals surface area contributed by atoms with Gasteiger partial charge < -0.3 is 15.2 Å². The molecule has 2 heterocycles. The molecule has 1 aromatic carbocycles. The summed E-state index contributed by atoms with van der Waals surface area (Å²) in [5, 5.41) is 0. The maximum atomic E-state index is 13.1. The number of hydrogen-bond acceptors (Lipinski definition) is 3. The largest absolute Gasteiger partial charge is 0.490 e. The molecule has 0 aliphatic carbocycles. The van der Waals surface area contributed by atoms with Gasteiger partial charge in [0.2, 0.25) is 0 Å². The van der Waals surface area contributed by atoms with E-state index in [9.17, 15) is 4.39 Å². The van der Waals surface area contributed by atoms with E-state index < -0.39 is 0 Å². The van der Waals surface area contributed by atoms with Gasteiger partial charge in [-0.3, -0.25) is 0 Å². The summed E-state index contributed by atoms with van der Waals surface area (Å²) in [7, 11) is 0. The molecule has 1 aromatic rings. The Kier molecular flexibility index (Phi) is 2.99. The number of rotatable bonds is 2. The Bertz CT molecular complexity index is 443. The highest BCUT2D eigenvalue weighted by molar-refractivity contribution is 5.38. The molecule has 1 saturated heterocycles. The van der Waals surface area contributed by atoms with E-state index in [4.69, 9.17) is 15.2 Å². The Hall–Kier alpha value is -1.13. The van der Waals surface area contributed by atoms with Crippen molar-refractivity contribution in [2.45, 2.75) is 37.3 Å². The van der Waals surface area contributed by atoms with Gasteiger partial charge in [-0.15, -0.1) is 0 Å². The van der Waals surface area contributed by atoms with Crippen molar-refractivity contribution in [3.63, 3.8) is 0 Å². The minimum Gasteiger partial charge on any atom is -0.490 e. The molecule has 2 aliphatic rings. The Balaban J connectivity index is 1.67. The lowest BCUT2D eigenvalue weighted by Gasteiger charge is -2.35. The summed E-state index contributed by atoms with van der Waals surface area (Å²) in [5.74, 6) is 0.601. The van der Waals surface area contributed by atoms with E-state index in [0.29, 0.717) is 0 Å². The summed E-state index contributed by atoms with van der Waals surface area (Å²) < 4.78 is 24.3. The van der Waals surface area contributed by atoms with Crippen molar-refractivity contribution < 1.29 is 13.9 Å². The second-order valence-electron chi connectivity index (χ2n) is 5.37. The summed E-state index contributed by atoms with van der Waals surface area (Å²) in [6.07, 6.45) is 3.39. The minimum atomic E-state index is -0.202. The van der Waals surface area contributed by atoms with E-state index in [0.717, 1.165) is 50.2 Å². The molecule has 0 amide bonds. The third kappa shape index (κ3) is 2.35. The third-order valence-electron chi connectivity index (χ3n) is 3.89. The second-order valence-corrected chi connectivity index (χ2v) is 5.37. The van der Waals surface area contributed by atoms with Gasteiger partial charge in [-0.25, -0.2) is 4.39 Å². The van der Waals surface area contributed by atoms with E-state index >= 15 is 0 Å². The van der Waals surface area contributed by atoms with Gasteiger partial charge >= 0.3 is 0 Å². The Morgan fingerprint density at radius 3 is 2.89 bits per heavy atom. The average Bonchev–Trinajstić information content (AvgIpc) is 2.70.